The predicted molar refractivity (Wildman–Crippen MR) is 426 cm³/mol. The maximum absolute atomic E-state index is 13.1. The van der Waals surface area contributed by atoms with Gasteiger partial charge in [0.2, 0.25) is 0 Å². The highest BCUT2D eigenvalue weighted by Crippen LogP contribution is 2.45. The number of carbonyl (C=O) groups excluding carboxylic acids is 4. The lowest BCUT2D eigenvalue weighted by atomic mass is 10.1. The smallest absolute Gasteiger partial charge is 0.462 e. The predicted octanol–water partition coefficient (Wildman–Crippen LogP) is 22.5. The summed E-state index contributed by atoms with van der Waals surface area (Å²) in [4.78, 5) is 72.9. The molecule has 0 spiro atoms. The van der Waals surface area contributed by atoms with Gasteiger partial charge in [0.25, 0.3) is 0 Å². The van der Waals surface area contributed by atoms with Crippen LogP contribution < -0.4 is 0 Å². The first-order valence-electron chi connectivity index (χ1n) is 38.7. The molecule has 0 aliphatic carbocycles. The van der Waals surface area contributed by atoms with Crippen molar-refractivity contribution in [1.82, 2.24) is 0 Å². The van der Waals surface area contributed by atoms with E-state index in [0.717, 1.165) is 167 Å². The third-order valence-corrected chi connectivity index (χ3v) is 16.9. The first kappa shape index (κ1) is 97.9. The second-order valence-electron chi connectivity index (χ2n) is 24.8. The Balaban J connectivity index is 5.52. The molecular weight excluding hydrogens is 1350 g/mol. The highest BCUT2D eigenvalue weighted by Gasteiger charge is 2.30. The number of carbonyl (C=O) groups is 4. The lowest BCUT2D eigenvalue weighted by Crippen LogP contribution is -2.30. The average molecular weight is 1490 g/mol. The second kappa shape index (κ2) is 75.1. The second-order valence-corrected chi connectivity index (χ2v) is 27.7. The Morgan fingerprint density at radius 3 is 0.779 bits per heavy atom. The van der Waals surface area contributed by atoms with Crippen LogP contribution in [-0.2, 0) is 65.4 Å². The van der Waals surface area contributed by atoms with Gasteiger partial charge in [-0.05, 0) is 173 Å². The van der Waals surface area contributed by atoms with Crippen molar-refractivity contribution in [3.05, 3.63) is 194 Å². The minimum atomic E-state index is -5.01. The van der Waals surface area contributed by atoms with Gasteiger partial charge in [0.15, 0.2) is 12.2 Å². The summed E-state index contributed by atoms with van der Waals surface area (Å²) in [5.74, 6) is -2.37. The molecule has 0 aromatic rings. The van der Waals surface area contributed by atoms with Crippen molar-refractivity contribution in [2.45, 2.75) is 277 Å². The number of phosphoric acid groups is 2. The zero-order chi connectivity index (χ0) is 76.0. The van der Waals surface area contributed by atoms with Gasteiger partial charge in [0.05, 0.1) is 26.4 Å². The molecule has 0 aromatic heterocycles. The van der Waals surface area contributed by atoms with Crippen LogP contribution in [-0.4, -0.2) is 96.7 Å². The largest absolute Gasteiger partial charge is 0.472 e. The molecule has 0 saturated heterocycles. The minimum absolute atomic E-state index is 0.0242. The number of aliphatic hydroxyl groups is 1. The van der Waals surface area contributed by atoms with Crippen molar-refractivity contribution in [2.75, 3.05) is 39.6 Å². The van der Waals surface area contributed by atoms with Gasteiger partial charge in [-0.25, -0.2) is 9.13 Å². The quantitative estimate of drug-likeness (QED) is 0.0169. The van der Waals surface area contributed by atoms with Crippen LogP contribution in [0.4, 0.5) is 0 Å². The van der Waals surface area contributed by atoms with Crippen molar-refractivity contribution in [1.29, 1.82) is 0 Å². The van der Waals surface area contributed by atoms with Gasteiger partial charge < -0.3 is 33.8 Å². The van der Waals surface area contributed by atoms with Gasteiger partial charge in [0, 0.05) is 25.7 Å². The Bertz CT molecular complexity index is 2740. The fourth-order valence-corrected chi connectivity index (χ4v) is 10.9. The van der Waals surface area contributed by atoms with E-state index in [9.17, 15) is 43.2 Å². The van der Waals surface area contributed by atoms with Crippen LogP contribution in [0.25, 0.3) is 0 Å². The standard InChI is InChI=1S/C85H134O17P2/c1-5-9-13-17-21-25-29-33-37-39-43-46-50-54-58-62-66-70-83(88)96-76-81(102-85(90)72-68-64-60-56-52-48-44-40-38-34-30-26-22-18-14-10-6-2)78-100-104(93,94)98-74-79(86)73-97-103(91,92)99-77-80(101-84(89)71-67-63-59-55-51-47-42-36-32-28-24-20-16-12-8-4)75-95-82(87)69-65-61-57-53-49-45-41-35-31-27-23-19-15-11-7-3/h9-16,21-28,33-38,41-43,46,49,51,53-55,58,79-81,86H,5-8,17-20,29-32,39-40,44-45,47-48,50,52,56-57,59-78H2,1-4H3,(H,91,92)(H,93,94)/b13-9-,14-10-,15-11-,16-12-,25-21-,26-22-,27-23-,28-24-,37-33-,38-34-,41-35-,42-36-,46-43-,53-49-,55-51-,58-54-. The molecule has 0 bridgehead atoms. The molecule has 586 valence electrons. The summed E-state index contributed by atoms with van der Waals surface area (Å²) < 4.78 is 68.4. The summed E-state index contributed by atoms with van der Waals surface area (Å²) in [6.07, 6.45) is 91.5. The molecule has 0 saturated carbocycles. The molecule has 0 rings (SSSR count). The van der Waals surface area contributed by atoms with E-state index in [1.165, 1.54) is 0 Å². The maximum atomic E-state index is 13.1. The number of allylic oxidation sites excluding steroid dienone is 32. The summed E-state index contributed by atoms with van der Waals surface area (Å²) in [6.45, 7) is 4.21. The summed E-state index contributed by atoms with van der Waals surface area (Å²) in [6, 6.07) is 0. The first-order chi connectivity index (χ1) is 50.7. The molecule has 104 heavy (non-hydrogen) atoms. The maximum Gasteiger partial charge on any atom is 0.472 e. The number of ether oxygens (including phenoxy) is 4. The third kappa shape index (κ3) is 74.2. The minimum Gasteiger partial charge on any atom is -0.462 e. The van der Waals surface area contributed by atoms with Crippen molar-refractivity contribution < 1.29 is 80.2 Å². The number of phosphoric ester groups is 2. The highest BCUT2D eigenvalue weighted by atomic mass is 31.2. The van der Waals surface area contributed by atoms with E-state index in [1.54, 1.807) is 0 Å². The lowest BCUT2D eigenvalue weighted by Gasteiger charge is -2.21. The lowest BCUT2D eigenvalue weighted by molar-refractivity contribution is -0.161. The summed E-state index contributed by atoms with van der Waals surface area (Å²) in [7, 11) is -10.0. The zero-order valence-corrected chi connectivity index (χ0v) is 65.6. The average Bonchev–Trinajstić information content (AvgIpc) is 0.926. The Kier molecular flexibility index (Phi) is 70.7. The molecule has 3 N–H and O–H groups in total. The van der Waals surface area contributed by atoms with E-state index in [2.05, 4.69) is 210 Å². The molecule has 0 fully saturated rings. The molecular formula is C85H134O17P2. The van der Waals surface area contributed by atoms with Gasteiger partial charge in [-0.2, -0.15) is 0 Å². The molecule has 0 aromatic carbocycles. The molecule has 19 heteroatoms. The molecule has 0 heterocycles. The van der Waals surface area contributed by atoms with E-state index in [4.69, 9.17) is 37.0 Å². The molecule has 0 radical (unpaired) electrons. The Labute approximate surface area is 627 Å². The van der Waals surface area contributed by atoms with Crippen LogP contribution in [0.5, 0.6) is 0 Å². The summed E-state index contributed by atoms with van der Waals surface area (Å²) >= 11 is 0. The first-order valence-corrected chi connectivity index (χ1v) is 41.7. The monoisotopic (exact) mass is 1490 g/mol. The van der Waals surface area contributed by atoms with Crippen LogP contribution >= 0.6 is 15.6 Å². The molecule has 0 aliphatic rings. The van der Waals surface area contributed by atoms with Crippen LogP contribution in [0.1, 0.15) is 259 Å². The number of esters is 4. The third-order valence-electron chi connectivity index (χ3n) is 15.0. The topological polar surface area (TPSA) is 237 Å². The van der Waals surface area contributed by atoms with Crippen molar-refractivity contribution >= 4 is 39.5 Å². The number of hydrogen-bond donors (Lipinski definition) is 3. The van der Waals surface area contributed by atoms with Crippen LogP contribution in [0.2, 0.25) is 0 Å². The summed E-state index contributed by atoms with van der Waals surface area (Å²) in [5.41, 5.74) is 0. The van der Waals surface area contributed by atoms with Gasteiger partial charge in [0.1, 0.15) is 19.3 Å². The molecule has 0 aliphatic heterocycles. The fraction of sp³-hybridized carbons (Fsp3) is 0.576. The van der Waals surface area contributed by atoms with E-state index in [0.29, 0.717) is 38.5 Å². The van der Waals surface area contributed by atoms with E-state index in [1.807, 2.05) is 12.2 Å². The van der Waals surface area contributed by atoms with E-state index in [-0.39, 0.29) is 25.7 Å². The molecule has 5 unspecified atom stereocenters. The van der Waals surface area contributed by atoms with Gasteiger partial charge in [-0.15, -0.1) is 0 Å². The highest BCUT2D eigenvalue weighted by molar-refractivity contribution is 7.47. The van der Waals surface area contributed by atoms with Crippen LogP contribution in [0.15, 0.2) is 194 Å². The number of aliphatic hydroxyl groups excluding tert-OH is 1. The number of unbranched alkanes of at least 4 members (excludes halogenated alkanes) is 12. The van der Waals surface area contributed by atoms with E-state index >= 15 is 0 Å². The zero-order valence-electron chi connectivity index (χ0n) is 63.9. The normalized spacial score (nSPS) is 15.0. The Hall–Kier alpha value is -6.10. The van der Waals surface area contributed by atoms with E-state index < -0.39 is 97.5 Å². The van der Waals surface area contributed by atoms with Crippen LogP contribution in [0, 0.1) is 0 Å². The molecule has 0 amide bonds. The molecule has 5 atom stereocenters. The fourth-order valence-electron chi connectivity index (χ4n) is 9.31. The van der Waals surface area contributed by atoms with Crippen molar-refractivity contribution in [2.24, 2.45) is 0 Å². The van der Waals surface area contributed by atoms with Crippen molar-refractivity contribution in [3.63, 3.8) is 0 Å². The van der Waals surface area contributed by atoms with Gasteiger partial charge in [-0.1, -0.05) is 254 Å². The van der Waals surface area contributed by atoms with Gasteiger partial charge in [-0.3, -0.25) is 37.3 Å². The number of rotatable bonds is 70. The van der Waals surface area contributed by atoms with Gasteiger partial charge >= 0.3 is 39.5 Å². The molecule has 17 nitrogen and oxygen atoms in total. The summed E-state index contributed by atoms with van der Waals surface area (Å²) in [5, 5.41) is 10.6. The Morgan fingerprint density at radius 1 is 0.269 bits per heavy atom. The Morgan fingerprint density at radius 2 is 0.481 bits per heavy atom. The number of hydrogen-bond acceptors (Lipinski definition) is 15. The SMILES string of the molecule is CC/C=C\C/C=C\C/C=C\C/C=C\C/C=C\CCCC(=O)OCC(COP(=O)(O)OCC(O)COP(=O)(O)OCC(COC(=O)CCCC/C=C\C/C=C\C/C=C\C/C=C\CC)OC(=O)CCCC/C=C\C/C=C\C/C=C\C/C=C\CC)OC(=O)CCCCCCCCC/C=C\C/C=C\C/C=C\CC. The van der Waals surface area contributed by atoms with Crippen LogP contribution in [0.3, 0.4) is 0 Å². The van der Waals surface area contributed by atoms with Crippen molar-refractivity contribution in [3.8, 4) is 0 Å².